The first-order valence-corrected chi connectivity index (χ1v) is 7.19. The second kappa shape index (κ2) is 7.02. The molecule has 0 saturated carbocycles. The number of aryl methyl sites for hydroxylation is 1. The predicted octanol–water partition coefficient (Wildman–Crippen LogP) is 2.47. The summed E-state index contributed by atoms with van der Waals surface area (Å²) in [5.41, 5.74) is 1.60. The van der Waals surface area contributed by atoms with Gasteiger partial charge in [-0.3, -0.25) is 4.79 Å². The number of hydrogen-bond donors (Lipinski definition) is 2. The summed E-state index contributed by atoms with van der Waals surface area (Å²) in [5, 5.41) is 13.1. The molecular weight excluding hydrogens is 289 g/mol. The number of benzene rings is 1. The third-order valence-electron chi connectivity index (χ3n) is 2.76. The number of amides is 1. The Morgan fingerprint density at radius 2 is 2.24 bits per heavy atom. The highest BCUT2D eigenvalue weighted by atomic mass is 32.1. The van der Waals surface area contributed by atoms with E-state index >= 15 is 0 Å². The summed E-state index contributed by atoms with van der Waals surface area (Å²) in [4.78, 5) is 12.8. The van der Waals surface area contributed by atoms with Crippen LogP contribution in [0.5, 0.6) is 0 Å². The van der Waals surface area contributed by atoms with E-state index < -0.39 is 11.7 Å². The summed E-state index contributed by atoms with van der Waals surface area (Å²) >= 11 is 1.45. The molecule has 2 rings (SSSR count). The zero-order valence-corrected chi connectivity index (χ0v) is 12.3. The molecule has 0 saturated heterocycles. The van der Waals surface area contributed by atoms with E-state index in [4.69, 9.17) is 5.11 Å². The molecule has 0 radical (unpaired) electrons. The van der Waals surface area contributed by atoms with Gasteiger partial charge in [-0.15, -0.1) is 11.3 Å². The van der Waals surface area contributed by atoms with Gasteiger partial charge in [-0.05, 0) is 30.7 Å². The van der Waals surface area contributed by atoms with Crippen molar-refractivity contribution >= 4 is 17.2 Å². The molecule has 1 aromatic carbocycles. The van der Waals surface area contributed by atoms with Crippen molar-refractivity contribution in [1.29, 1.82) is 0 Å². The first-order chi connectivity index (χ1) is 10.1. The Morgan fingerprint density at radius 3 is 2.95 bits per heavy atom. The fourth-order valence-corrected chi connectivity index (χ4v) is 2.50. The monoisotopic (exact) mass is 303 g/mol. The predicted molar refractivity (Wildman–Crippen MR) is 80.6 cm³/mol. The van der Waals surface area contributed by atoms with Crippen LogP contribution in [0.15, 0.2) is 29.6 Å². The zero-order valence-electron chi connectivity index (χ0n) is 11.4. The summed E-state index contributed by atoms with van der Waals surface area (Å²) in [6.07, 6.45) is 0. The average molecular weight is 303 g/mol. The summed E-state index contributed by atoms with van der Waals surface area (Å²) in [5.74, 6) is 4.38. The van der Waals surface area contributed by atoms with Crippen LogP contribution in [-0.4, -0.2) is 17.6 Å². The SMILES string of the molecule is Cc1ccc(C(=O)NCc2cc(C#CCO)cs2)c(F)c1. The van der Waals surface area contributed by atoms with E-state index in [0.29, 0.717) is 6.54 Å². The molecule has 5 heteroatoms. The zero-order chi connectivity index (χ0) is 15.2. The van der Waals surface area contributed by atoms with Crippen LogP contribution >= 0.6 is 11.3 Å². The van der Waals surface area contributed by atoms with E-state index in [1.165, 1.54) is 23.5 Å². The van der Waals surface area contributed by atoms with Gasteiger partial charge in [0.1, 0.15) is 12.4 Å². The van der Waals surface area contributed by atoms with Gasteiger partial charge in [-0.25, -0.2) is 4.39 Å². The lowest BCUT2D eigenvalue weighted by atomic mass is 10.1. The number of nitrogens with one attached hydrogen (secondary N) is 1. The normalized spacial score (nSPS) is 9.86. The van der Waals surface area contributed by atoms with E-state index in [-0.39, 0.29) is 12.2 Å². The van der Waals surface area contributed by atoms with Crippen molar-refractivity contribution < 1.29 is 14.3 Å². The lowest BCUT2D eigenvalue weighted by Crippen LogP contribution is -2.23. The van der Waals surface area contributed by atoms with Crippen molar-refractivity contribution in [2.75, 3.05) is 6.61 Å². The molecule has 0 aliphatic rings. The molecule has 2 aromatic rings. The summed E-state index contributed by atoms with van der Waals surface area (Å²) < 4.78 is 13.7. The fraction of sp³-hybridized carbons (Fsp3) is 0.188. The lowest BCUT2D eigenvalue weighted by Gasteiger charge is -2.05. The van der Waals surface area contributed by atoms with Crippen molar-refractivity contribution in [3.63, 3.8) is 0 Å². The van der Waals surface area contributed by atoms with Crippen LogP contribution in [0.4, 0.5) is 4.39 Å². The van der Waals surface area contributed by atoms with Crippen LogP contribution in [-0.2, 0) is 6.54 Å². The Bertz CT molecular complexity index is 713. The minimum Gasteiger partial charge on any atom is -0.384 e. The van der Waals surface area contributed by atoms with Crippen molar-refractivity contribution in [2.45, 2.75) is 13.5 Å². The largest absolute Gasteiger partial charge is 0.384 e. The van der Waals surface area contributed by atoms with E-state index in [0.717, 1.165) is 16.0 Å². The van der Waals surface area contributed by atoms with E-state index in [9.17, 15) is 9.18 Å². The van der Waals surface area contributed by atoms with Crippen LogP contribution in [0.1, 0.15) is 26.4 Å². The Morgan fingerprint density at radius 1 is 1.43 bits per heavy atom. The fourth-order valence-electron chi connectivity index (χ4n) is 1.75. The molecule has 1 heterocycles. The molecule has 0 bridgehead atoms. The molecule has 0 aliphatic carbocycles. The minimum atomic E-state index is -0.520. The molecule has 0 unspecified atom stereocenters. The van der Waals surface area contributed by atoms with Gasteiger partial charge in [-0.2, -0.15) is 0 Å². The van der Waals surface area contributed by atoms with Gasteiger partial charge in [-0.1, -0.05) is 17.9 Å². The highest BCUT2D eigenvalue weighted by molar-refractivity contribution is 7.10. The van der Waals surface area contributed by atoms with Gasteiger partial charge in [0.05, 0.1) is 12.1 Å². The second-order valence-electron chi connectivity index (χ2n) is 4.43. The number of aliphatic hydroxyl groups is 1. The number of carbonyl (C=O) groups is 1. The highest BCUT2D eigenvalue weighted by Crippen LogP contribution is 2.14. The highest BCUT2D eigenvalue weighted by Gasteiger charge is 2.11. The molecule has 3 nitrogen and oxygen atoms in total. The third-order valence-corrected chi connectivity index (χ3v) is 3.69. The van der Waals surface area contributed by atoms with Gasteiger partial charge in [0.2, 0.25) is 0 Å². The van der Waals surface area contributed by atoms with Crippen LogP contribution in [0.25, 0.3) is 0 Å². The Labute approximate surface area is 126 Å². The van der Waals surface area contributed by atoms with E-state index in [1.807, 2.05) is 11.4 Å². The first-order valence-electron chi connectivity index (χ1n) is 6.31. The van der Waals surface area contributed by atoms with E-state index in [1.54, 1.807) is 13.0 Å². The molecule has 108 valence electrons. The number of hydrogen-bond acceptors (Lipinski definition) is 3. The molecule has 1 amide bonds. The van der Waals surface area contributed by atoms with Crippen molar-refractivity contribution in [2.24, 2.45) is 0 Å². The van der Waals surface area contributed by atoms with Crippen LogP contribution in [0, 0.1) is 24.6 Å². The Kier molecular flexibility index (Phi) is 5.09. The lowest BCUT2D eigenvalue weighted by molar-refractivity contribution is 0.0947. The summed E-state index contributed by atoms with van der Waals surface area (Å²) in [6, 6.07) is 6.35. The smallest absolute Gasteiger partial charge is 0.254 e. The Balaban J connectivity index is 1.99. The van der Waals surface area contributed by atoms with Crippen molar-refractivity contribution in [1.82, 2.24) is 5.32 Å². The Hall–Kier alpha value is -2.16. The molecular formula is C16H14FNO2S. The van der Waals surface area contributed by atoms with Gasteiger partial charge < -0.3 is 10.4 Å². The van der Waals surface area contributed by atoms with E-state index in [2.05, 4.69) is 17.2 Å². The van der Waals surface area contributed by atoms with Crippen molar-refractivity contribution in [3.05, 3.63) is 57.0 Å². The topological polar surface area (TPSA) is 49.3 Å². The van der Waals surface area contributed by atoms with Gasteiger partial charge in [0.25, 0.3) is 5.91 Å². The molecule has 21 heavy (non-hydrogen) atoms. The maximum atomic E-state index is 13.7. The number of thiophene rings is 1. The molecule has 0 atom stereocenters. The minimum absolute atomic E-state index is 0.0393. The molecule has 0 fully saturated rings. The maximum Gasteiger partial charge on any atom is 0.254 e. The third kappa shape index (κ3) is 4.15. The molecule has 0 spiro atoms. The number of halogens is 1. The summed E-state index contributed by atoms with van der Waals surface area (Å²) in [6.45, 7) is 1.90. The van der Waals surface area contributed by atoms with Crippen LogP contribution in [0.3, 0.4) is 0 Å². The summed E-state index contributed by atoms with van der Waals surface area (Å²) in [7, 11) is 0. The number of rotatable bonds is 3. The van der Waals surface area contributed by atoms with Gasteiger partial charge in [0, 0.05) is 15.8 Å². The standard InChI is InChI=1S/C16H14FNO2S/c1-11-4-5-14(15(17)7-11)16(20)18-9-13-8-12(10-21-13)3-2-6-19/h4-5,7-8,10,19H,6,9H2,1H3,(H,18,20). The van der Waals surface area contributed by atoms with Crippen LogP contribution < -0.4 is 5.32 Å². The molecule has 1 aromatic heterocycles. The number of aliphatic hydroxyl groups excluding tert-OH is 1. The van der Waals surface area contributed by atoms with Crippen LogP contribution in [0.2, 0.25) is 0 Å². The van der Waals surface area contributed by atoms with Gasteiger partial charge in [0.15, 0.2) is 0 Å². The number of carbonyl (C=O) groups excluding carboxylic acids is 1. The van der Waals surface area contributed by atoms with Gasteiger partial charge >= 0.3 is 0 Å². The molecule has 0 aliphatic heterocycles. The maximum absolute atomic E-state index is 13.7. The second-order valence-corrected chi connectivity index (χ2v) is 5.42. The quantitative estimate of drug-likeness (QED) is 0.856. The average Bonchev–Trinajstić information content (AvgIpc) is 2.90. The first kappa shape index (κ1) is 15.2. The molecule has 2 N–H and O–H groups in total. The van der Waals surface area contributed by atoms with Crippen molar-refractivity contribution in [3.8, 4) is 11.8 Å².